The van der Waals surface area contributed by atoms with Gasteiger partial charge >= 0.3 is 0 Å². The van der Waals surface area contributed by atoms with Gasteiger partial charge in [-0.3, -0.25) is 4.79 Å². The molecule has 134 valence electrons. The van der Waals surface area contributed by atoms with E-state index in [1.807, 2.05) is 0 Å². The van der Waals surface area contributed by atoms with Crippen LogP contribution in [0, 0.1) is 23.6 Å². The lowest BCUT2D eigenvalue weighted by atomic mass is 9.65. The van der Waals surface area contributed by atoms with Crippen LogP contribution in [0.5, 0.6) is 5.75 Å². The molecule has 3 N–H and O–H groups in total. The molecular weight excluding hydrogens is 331 g/mol. The van der Waals surface area contributed by atoms with E-state index in [0.29, 0.717) is 23.1 Å². The molecule has 2 fully saturated rings. The van der Waals surface area contributed by atoms with Crippen molar-refractivity contribution < 1.29 is 13.9 Å². The monoisotopic (exact) mass is 356 g/mol. The molecule has 0 radical (unpaired) electrons. The number of benzene rings is 1. The van der Waals surface area contributed by atoms with Crippen LogP contribution >= 0.6 is 12.4 Å². The molecule has 2 saturated carbocycles. The number of fused-ring (bicyclic) bond motifs is 2. The van der Waals surface area contributed by atoms with Crippen molar-refractivity contribution in [1.29, 1.82) is 0 Å². The Kier molecular flexibility index (Phi) is 6.47. The maximum absolute atomic E-state index is 13.9. The van der Waals surface area contributed by atoms with E-state index in [0.717, 1.165) is 25.7 Å². The Bertz CT molecular complexity index is 570. The number of amides is 1. The third kappa shape index (κ3) is 4.01. The van der Waals surface area contributed by atoms with Gasteiger partial charge in [0.25, 0.3) is 0 Å². The Morgan fingerprint density at radius 2 is 2.00 bits per heavy atom. The van der Waals surface area contributed by atoms with Crippen molar-refractivity contribution in [2.75, 3.05) is 7.11 Å². The third-order valence-electron chi connectivity index (χ3n) is 5.50. The fourth-order valence-electron chi connectivity index (χ4n) is 4.13. The minimum absolute atomic E-state index is 0. The second kappa shape index (κ2) is 8.17. The van der Waals surface area contributed by atoms with Crippen molar-refractivity contribution in [3.8, 4) is 5.75 Å². The van der Waals surface area contributed by atoms with Crippen molar-refractivity contribution in [2.24, 2.45) is 23.5 Å². The molecule has 0 aliphatic heterocycles. The van der Waals surface area contributed by atoms with Gasteiger partial charge in [-0.15, -0.1) is 12.4 Å². The smallest absolute Gasteiger partial charge is 0.223 e. The van der Waals surface area contributed by atoms with Gasteiger partial charge in [-0.1, -0.05) is 12.5 Å². The van der Waals surface area contributed by atoms with Crippen LogP contribution in [0.3, 0.4) is 0 Å². The summed E-state index contributed by atoms with van der Waals surface area (Å²) < 4.78 is 18.9. The van der Waals surface area contributed by atoms with E-state index in [4.69, 9.17) is 10.5 Å². The molecule has 4 nitrogen and oxygen atoms in total. The number of ether oxygens (including phenoxy) is 1. The first kappa shape index (κ1) is 19.0. The van der Waals surface area contributed by atoms with Crippen molar-refractivity contribution >= 4 is 18.3 Å². The highest BCUT2D eigenvalue weighted by atomic mass is 35.5. The summed E-state index contributed by atoms with van der Waals surface area (Å²) in [5.74, 6) is 1.11. The lowest BCUT2D eigenvalue weighted by Gasteiger charge is -2.43. The Morgan fingerprint density at radius 1 is 1.33 bits per heavy atom. The average Bonchev–Trinajstić information content (AvgIpc) is 2.53. The number of hydrogen-bond donors (Lipinski definition) is 2. The average molecular weight is 357 g/mol. The fourth-order valence-corrected chi connectivity index (χ4v) is 4.13. The first-order valence-electron chi connectivity index (χ1n) is 8.44. The van der Waals surface area contributed by atoms with E-state index in [1.165, 1.54) is 19.6 Å². The second-order valence-electron chi connectivity index (χ2n) is 6.87. The molecule has 1 aromatic carbocycles. The summed E-state index contributed by atoms with van der Waals surface area (Å²) in [6, 6.07) is 4.95. The van der Waals surface area contributed by atoms with E-state index in [2.05, 4.69) is 5.32 Å². The van der Waals surface area contributed by atoms with Crippen LogP contribution in [-0.4, -0.2) is 19.1 Å². The van der Waals surface area contributed by atoms with Crippen LogP contribution in [0.2, 0.25) is 0 Å². The molecule has 2 aliphatic carbocycles. The summed E-state index contributed by atoms with van der Waals surface area (Å²) in [6.45, 7) is 0.215. The molecule has 2 atom stereocenters. The zero-order valence-corrected chi connectivity index (χ0v) is 14.8. The first-order chi connectivity index (χ1) is 11.1. The number of nitrogens with two attached hydrogens (primary N) is 1. The van der Waals surface area contributed by atoms with Gasteiger partial charge in [0.05, 0.1) is 7.11 Å². The topological polar surface area (TPSA) is 64.3 Å². The number of rotatable bonds is 4. The summed E-state index contributed by atoms with van der Waals surface area (Å²) >= 11 is 0. The largest absolute Gasteiger partial charge is 0.497 e. The number of nitrogens with one attached hydrogen (secondary N) is 1. The third-order valence-corrected chi connectivity index (χ3v) is 5.50. The van der Waals surface area contributed by atoms with Crippen molar-refractivity contribution in [3.63, 3.8) is 0 Å². The zero-order chi connectivity index (χ0) is 16.4. The summed E-state index contributed by atoms with van der Waals surface area (Å²) in [7, 11) is 1.50. The Morgan fingerprint density at radius 3 is 2.58 bits per heavy atom. The molecule has 1 amide bonds. The second-order valence-corrected chi connectivity index (χ2v) is 6.87. The van der Waals surface area contributed by atoms with E-state index >= 15 is 0 Å². The Labute approximate surface area is 148 Å². The van der Waals surface area contributed by atoms with Crippen LogP contribution in [0.1, 0.15) is 37.7 Å². The highest BCUT2D eigenvalue weighted by Gasteiger charge is 2.40. The van der Waals surface area contributed by atoms with Crippen LogP contribution in [0.4, 0.5) is 4.39 Å². The quantitative estimate of drug-likeness (QED) is 0.871. The first-order valence-corrected chi connectivity index (χ1v) is 8.44. The molecule has 0 spiro atoms. The van der Waals surface area contributed by atoms with E-state index in [1.54, 1.807) is 12.1 Å². The fraction of sp³-hybridized carbons (Fsp3) is 0.611. The highest BCUT2D eigenvalue weighted by Crippen LogP contribution is 2.41. The van der Waals surface area contributed by atoms with Gasteiger partial charge in [-0.2, -0.15) is 0 Å². The van der Waals surface area contributed by atoms with Crippen LogP contribution < -0.4 is 15.8 Å². The Hall–Kier alpha value is -1.33. The van der Waals surface area contributed by atoms with Crippen molar-refractivity contribution in [2.45, 2.75) is 44.7 Å². The molecule has 3 rings (SSSR count). The normalized spacial score (nSPS) is 28.6. The standard InChI is InChI=1S/C18H25FN2O2.ClH/c1-23-15-6-5-13(16(19)9-15)10-21-18(22)14-7-11-3-2-4-12(8-14)17(11)20;/h5-6,9,11-12,14,17H,2-4,7-8,10,20H2,1H3,(H,21,22);1H. The number of carbonyl (C=O) groups excluding carboxylic acids is 1. The van der Waals surface area contributed by atoms with Gasteiger partial charge in [0, 0.05) is 30.1 Å². The highest BCUT2D eigenvalue weighted by molar-refractivity contribution is 5.85. The maximum Gasteiger partial charge on any atom is 0.223 e. The lowest BCUT2D eigenvalue weighted by Crippen LogP contribution is -2.49. The minimum Gasteiger partial charge on any atom is -0.497 e. The molecule has 0 saturated heterocycles. The van der Waals surface area contributed by atoms with E-state index < -0.39 is 0 Å². The lowest BCUT2D eigenvalue weighted by molar-refractivity contribution is -0.128. The van der Waals surface area contributed by atoms with Crippen LogP contribution in [0.15, 0.2) is 18.2 Å². The molecule has 2 unspecified atom stereocenters. The number of hydrogen-bond acceptors (Lipinski definition) is 3. The van der Waals surface area contributed by atoms with Crippen molar-refractivity contribution in [3.05, 3.63) is 29.6 Å². The summed E-state index contributed by atoms with van der Waals surface area (Å²) in [6.07, 6.45) is 5.24. The Balaban J connectivity index is 0.00000208. The molecule has 24 heavy (non-hydrogen) atoms. The SMILES string of the molecule is COc1ccc(CNC(=O)C2CC3CCCC(C2)C3N)c(F)c1.Cl. The maximum atomic E-state index is 13.9. The van der Waals surface area contributed by atoms with E-state index in [9.17, 15) is 9.18 Å². The van der Waals surface area contributed by atoms with Gasteiger partial charge in [-0.25, -0.2) is 4.39 Å². The van der Waals surface area contributed by atoms with Gasteiger partial charge in [-0.05, 0) is 43.6 Å². The summed E-state index contributed by atoms with van der Waals surface area (Å²) in [4.78, 5) is 12.4. The molecule has 1 aromatic rings. The predicted molar refractivity (Wildman–Crippen MR) is 93.6 cm³/mol. The number of halogens is 2. The van der Waals surface area contributed by atoms with Crippen LogP contribution in [-0.2, 0) is 11.3 Å². The van der Waals surface area contributed by atoms with Gasteiger partial charge in [0.15, 0.2) is 0 Å². The van der Waals surface area contributed by atoms with Gasteiger partial charge in [0.2, 0.25) is 5.91 Å². The van der Waals surface area contributed by atoms with Crippen molar-refractivity contribution in [1.82, 2.24) is 5.32 Å². The minimum atomic E-state index is -0.354. The molecule has 0 heterocycles. The van der Waals surface area contributed by atoms with Gasteiger partial charge in [0.1, 0.15) is 11.6 Å². The predicted octanol–water partition coefficient (Wildman–Crippen LogP) is 3.03. The van der Waals surface area contributed by atoms with E-state index in [-0.39, 0.29) is 42.6 Å². The molecule has 6 heteroatoms. The summed E-state index contributed by atoms with van der Waals surface area (Å²) in [5.41, 5.74) is 6.74. The molecule has 2 aliphatic rings. The summed E-state index contributed by atoms with van der Waals surface area (Å²) in [5, 5.41) is 2.89. The number of carbonyl (C=O) groups is 1. The van der Waals surface area contributed by atoms with Crippen LogP contribution in [0.25, 0.3) is 0 Å². The molecular formula is C18H26ClFN2O2. The molecule has 2 bridgehead atoms. The van der Waals surface area contributed by atoms with Gasteiger partial charge < -0.3 is 15.8 Å². The number of methoxy groups -OCH3 is 1. The zero-order valence-electron chi connectivity index (χ0n) is 14.0. The molecule has 0 aromatic heterocycles.